The SMILES string of the molecule is Cc1nn(C2CCN(CCO)CC2)cc1NC(=O)c1cccc(C(C=NCCCCCCN)=CN)n1. The number of pyridine rings is 1. The number of amides is 1. The fraction of sp³-hybridized carbons (Fsp3) is 0.538. The Kier molecular flexibility index (Phi) is 11.1. The Morgan fingerprint density at radius 1 is 1.22 bits per heavy atom. The number of rotatable bonds is 13. The Hall–Kier alpha value is -3.08. The summed E-state index contributed by atoms with van der Waals surface area (Å²) >= 11 is 0. The van der Waals surface area contributed by atoms with Crippen LogP contribution in [0.3, 0.4) is 0 Å². The first-order valence-corrected chi connectivity index (χ1v) is 12.8. The largest absolute Gasteiger partial charge is 0.404 e. The monoisotopic (exact) mass is 496 g/mol. The maximum Gasteiger partial charge on any atom is 0.274 e. The highest BCUT2D eigenvalue weighted by Gasteiger charge is 2.22. The third-order valence-corrected chi connectivity index (χ3v) is 6.44. The number of carbonyl (C=O) groups excluding carboxylic acids is 1. The van der Waals surface area contributed by atoms with Gasteiger partial charge >= 0.3 is 0 Å². The van der Waals surface area contributed by atoms with E-state index >= 15 is 0 Å². The molecule has 0 aromatic carbocycles. The molecule has 1 aliphatic rings. The maximum atomic E-state index is 13.0. The second-order valence-corrected chi connectivity index (χ2v) is 9.13. The molecule has 3 heterocycles. The number of aromatic nitrogens is 3. The van der Waals surface area contributed by atoms with Crippen molar-refractivity contribution in [2.75, 3.05) is 44.6 Å². The Morgan fingerprint density at radius 2 is 1.97 bits per heavy atom. The van der Waals surface area contributed by atoms with Crippen LogP contribution in [0.15, 0.2) is 35.6 Å². The van der Waals surface area contributed by atoms with E-state index in [9.17, 15) is 4.79 Å². The quantitative estimate of drug-likeness (QED) is 0.246. The predicted molar refractivity (Wildman–Crippen MR) is 144 cm³/mol. The highest BCUT2D eigenvalue weighted by Crippen LogP contribution is 2.25. The van der Waals surface area contributed by atoms with Crippen molar-refractivity contribution in [1.29, 1.82) is 0 Å². The Balaban J connectivity index is 1.59. The highest BCUT2D eigenvalue weighted by molar-refractivity contribution is 6.09. The molecule has 0 unspecified atom stereocenters. The smallest absolute Gasteiger partial charge is 0.274 e. The molecule has 3 rings (SSSR count). The van der Waals surface area contributed by atoms with Gasteiger partial charge in [-0.2, -0.15) is 5.10 Å². The summed E-state index contributed by atoms with van der Waals surface area (Å²) in [5.74, 6) is -0.300. The molecule has 1 saturated heterocycles. The second-order valence-electron chi connectivity index (χ2n) is 9.13. The lowest BCUT2D eigenvalue weighted by molar-refractivity contribution is 0.102. The van der Waals surface area contributed by atoms with Crippen LogP contribution in [0.4, 0.5) is 5.69 Å². The zero-order valence-electron chi connectivity index (χ0n) is 21.3. The molecule has 0 spiro atoms. The molecule has 1 aliphatic heterocycles. The Labute approximate surface area is 213 Å². The summed E-state index contributed by atoms with van der Waals surface area (Å²) in [5.41, 5.74) is 14.3. The van der Waals surface area contributed by atoms with Crippen LogP contribution in [0, 0.1) is 6.92 Å². The van der Waals surface area contributed by atoms with Crippen LogP contribution in [0.1, 0.15) is 66.4 Å². The summed E-state index contributed by atoms with van der Waals surface area (Å²) in [5, 5.41) is 16.7. The van der Waals surface area contributed by atoms with Gasteiger partial charge in [0.05, 0.1) is 29.7 Å². The van der Waals surface area contributed by atoms with Crippen molar-refractivity contribution in [2.24, 2.45) is 16.5 Å². The molecule has 0 atom stereocenters. The molecule has 10 heteroatoms. The summed E-state index contributed by atoms with van der Waals surface area (Å²) in [6.45, 7) is 6.08. The van der Waals surface area contributed by atoms with Crippen LogP contribution >= 0.6 is 0 Å². The number of piperidine rings is 1. The standard InChI is InChI=1S/C26H40N8O2/c1-20-25(19-34(32-20)22-9-13-33(14-10-22)15-16-35)31-26(36)24-8-6-7-23(30-24)21(17-28)18-29-12-5-3-2-4-11-27/h6-8,17-19,22,35H,2-5,9-16,27-28H2,1H3,(H,31,36). The van der Waals surface area contributed by atoms with Crippen LogP contribution in [0.2, 0.25) is 0 Å². The van der Waals surface area contributed by atoms with Crippen molar-refractivity contribution >= 4 is 23.4 Å². The number of aliphatic imine (C=N–C) groups is 1. The van der Waals surface area contributed by atoms with E-state index in [-0.39, 0.29) is 18.6 Å². The van der Waals surface area contributed by atoms with Crippen LogP contribution in [0.25, 0.3) is 5.57 Å². The zero-order valence-corrected chi connectivity index (χ0v) is 21.3. The molecule has 2 aromatic rings. The van der Waals surface area contributed by atoms with Crippen molar-refractivity contribution < 1.29 is 9.90 Å². The van der Waals surface area contributed by atoms with Crippen LogP contribution in [-0.2, 0) is 0 Å². The van der Waals surface area contributed by atoms with E-state index in [1.807, 2.05) is 23.9 Å². The summed E-state index contributed by atoms with van der Waals surface area (Å²) in [7, 11) is 0. The zero-order chi connectivity index (χ0) is 25.8. The molecule has 0 radical (unpaired) electrons. The number of likely N-dealkylation sites (tertiary alicyclic amines) is 1. The molecule has 6 N–H and O–H groups in total. The lowest BCUT2D eigenvalue weighted by atomic mass is 10.1. The molecule has 36 heavy (non-hydrogen) atoms. The number of hydrogen-bond donors (Lipinski definition) is 4. The fourth-order valence-electron chi connectivity index (χ4n) is 4.31. The molecule has 0 saturated carbocycles. The number of nitrogens with two attached hydrogens (primary N) is 2. The van der Waals surface area contributed by atoms with Gasteiger partial charge in [-0.25, -0.2) is 4.98 Å². The van der Waals surface area contributed by atoms with E-state index in [1.54, 1.807) is 18.3 Å². The van der Waals surface area contributed by atoms with Gasteiger partial charge in [0.2, 0.25) is 0 Å². The van der Waals surface area contributed by atoms with Crippen molar-refractivity contribution in [3.63, 3.8) is 0 Å². The average Bonchev–Trinajstić information content (AvgIpc) is 3.26. The topological polar surface area (TPSA) is 148 Å². The first-order chi connectivity index (χ1) is 17.5. The van der Waals surface area contributed by atoms with Gasteiger partial charge in [0.15, 0.2) is 0 Å². The van der Waals surface area contributed by atoms with Gasteiger partial charge in [0.1, 0.15) is 5.69 Å². The minimum absolute atomic E-state index is 0.182. The van der Waals surface area contributed by atoms with Crippen molar-refractivity contribution in [1.82, 2.24) is 19.7 Å². The van der Waals surface area contributed by atoms with Crippen LogP contribution in [0.5, 0.6) is 0 Å². The van der Waals surface area contributed by atoms with Crippen molar-refractivity contribution in [3.05, 3.63) is 47.7 Å². The number of hydrogen-bond acceptors (Lipinski definition) is 8. The Morgan fingerprint density at radius 3 is 2.69 bits per heavy atom. The van der Waals surface area contributed by atoms with Gasteiger partial charge < -0.3 is 26.8 Å². The number of aliphatic hydroxyl groups is 1. The number of nitrogens with one attached hydrogen (secondary N) is 1. The molecule has 196 valence electrons. The molecular formula is C26H40N8O2. The van der Waals surface area contributed by atoms with E-state index in [0.717, 1.165) is 63.9 Å². The molecule has 2 aromatic heterocycles. The van der Waals surface area contributed by atoms with Crippen LogP contribution in [-0.4, -0.2) is 76.2 Å². The number of β-amino-alcohol motifs (C(OH)–C–C–N with tert-alkyl or cyclic N) is 1. The minimum atomic E-state index is -0.300. The number of unbranched alkanes of at least 4 members (excludes halogenated alkanes) is 3. The lowest BCUT2D eigenvalue weighted by Gasteiger charge is -2.31. The van der Waals surface area contributed by atoms with Crippen LogP contribution < -0.4 is 16.8 Å². The third-order valence-electron chi connectivity index (χ3n) is 6.44. The first-order valence-electron chi connectivity index (χ1n) is 12.8. The van der Waals surface area contributed by atoms with Gasteiger partial charge in [-0.3, -0.25) is 14.5 Å². The lowest BCUT2D eigenvalue weighted by Crippen LogP contribution is -2.36. The van der Waals surface area contributed by atoms with Crippen molar-refractivity contribution in [2.45, 2.75) is 51.5 Å². The number of aliphatic hydroxyl groups excluding tert-OH is 1. The summed E-state index contributed by atoms with van der Waals surface area (Å²) in [6.07, 6.45) is 11.3. The number of carbonyl (C=O) groups is 1. The van der Waals surface area contributed by atoms with Gasteiger partial charge in [0.25, 0.3) is 5.91 Å². The maximum absolute atomic E-state index is 13.0. The first kappa shape index (κ1) is 27.5. The Bertz CT molecular complexity index is 1020. The highest BCUT2D eigenvalue weighted by atomic mass is 16.3. The molecule has 0 bridgehead atoms. The number of aryl methyl sites for hydroxylation is 1. The van der Waals surface area contributed by atoms with Gasteiger partial charge in [0, 0.05) is 50.4 Å². The summed E-state index contributed by atoms with van der Waals surface area (Å²) in [6, 6.07) is 5.56. The normalized spacial score (nSPS) is 15.6. The number of nitrogens with zero attached hydrogens (tertiary/aromatic N) is 5. The summed E-state index contributed by atoms with van der Waals surface area (Å²) in [4.78, 5) is 24.2. The third kappa shape index (κ3) is 7.97. The number of anilines is 1. The average molecular weight is 497 g/mol. The van der Waals surface area contributed by atoms with E-state index < -0.39 is 0 Å². The predicted octanol–water partition coefficient (Wildman–Crippen LogP) is 2.36. The van der Waals surface area contributed by atoms with E-state index in [2.05, 4.69) is 25.3 Å². The minimum Gasteiger partial charge on any atom is -0.404 e. The molecule has 10 nitrogen and oxygen atoms in total. The second kappa shape index (κ2) is 14.5. The van der Waals surface area contributed by atoms with E-state index in [1.165, 1.54) is 6.20 Å². The summed E-state index contributed by atoms with van der Waals surface area (Å²) < 4.78 is 1.95. The fourth-order valence-corrected chi connectivity index (χ4v) is 4.31. The van der Waals surface area contributed by atoms with Crippen molar-refractivity contribution in [3.8, 4) is 0 Å². The molecule has 0 aliphatic carbocycles. The molecule has 1 amide bonds. The van der Waals surface area contributed by atoms with Gasteiger partial charge in [-0.1, -0.05) is 18.9 Å². The van der Waals surface area contributed by atoms with Gasteiger partial charge in [-0.15, -0.1) is 0 Å². The molecular weight excluding hydrogens is 456 g/mol. The van der Waals surface area contributed by atoms with E-state index in [0.29, 0.717) is 35.7 Å². The molecule has 1 fully saturated rings. The van der Waals surface area contributed by atoms with Gasteiger partial charge in [-0.05, 0) is 51.3 Å². The number of allylic oxidation sites excluding steroid dienone is 1. The van der Waals surface area contributed by atoms with E-state index in [4.69, 9.17) is 16.6 Å².